The Hall–Kier alpha value is -3.74. The molecule has 0 bridgehead atoms. The first-order valence-corrected chi connectivity index (χ1v) is 12.8. The minimum absolute atomic E-state index is 0.0107. The Balaban J connectivity index is 1.41. The Morgan fingerprint density at radius 2 is 1.36 bits per heavy atom. The molecule has 4 aromatic rings. The van der Waals surface area contributed by atoms with Crippen molar-refractivity contribution in [1.82, 2.24) is 15.0 Å². The first-order valence-electron chi connectivity index (χ1n) is 12.8. The smallest absolute Gasteiger partial charge is 0.229 e. The summed E-state index contributed by atoms with van der Waals surface area (Å²) in [5, 5.41) is 12.8. The lowest BCUT2D eigenvalue weighted by Gasteiger charge is -2.24. The number of rotatable bonds is 8. The molecule has 6 nitrogen and oxygen atoms in total. The van der Waals surface area contributed by atoms with E-state index >= 15 is 0 Å². The highest BCUT2D eigenvalue weighted by Crippen LogP contribution is 2.28. The molecule has 36 heavy (non-hydrogen) atoms. The Labute approximate surface area is 211 Å². The SMILES string of the molecule is C[C@H](Nc1nc(NC2CCCCC2)nc(N[C@H](C)c2ccc(F)cc2)n1)c1cccc2ccccc12. The van der Waals surface area contributed by atoms with Crippen LogP contribution in [-0.2, 0) is 0 Å². The van der Waals surface area contributed by atoms with Gasteiger partial charge in [0.1, 0.15) is 5.82 Å². The zero-order valence-corrected chi connectivity index (χ0v) is 20.8. The fourth-order valence-electron chi connectivity index (χ4n) is 4.93. The molecule has 5 rings (SSSR count). The van der Waals surface area contributed by atoms with Crippen molar-refractivity contribution in [2.75, 3.05) is 16.0 Å². The van der Waals surface area contributed by atoms with Crippen molar-refractivity contribution in [2.45, 2.75) is 64.1 Å². The van der Waals surface area contributed by atoms with E-state index in [4.69, 9.17) is 9.97 Å². The number of hydrogen-bond donors (Lipinski definition) is 3. The standard InChI is InChI=1S/C29H33FN6/c1-19(21-15-17-23(30)18-16-21)31-27-34-28(36-29(35-27)33-24-11-4-3-5-12-24)32-20(2)25-14-8-10-22-9-6-7-13-26(22)25/h6-10,13-20,24H,3-5,11-12H2,1-2H3,(H3,31,32,33,34,35,36)/t19-,20+/m1/s1. The molecule has 1 heterocycles. The molecule has 0 radical (unpaired) electrons. The molecular formula is C29H33FN6. The second-order valence-electron chi connectivity index (χ2n) is 9.64. The van der Waals surface area contributed by atoms with Crippen LogP contribution in [0.5, 0.6) is 0 Å². The van der Waals surface area contributed by atoms with E-state index in [9.17, 15) is 4.39 Å². The van der Waals surface area contributed by atoms with Crippen LogP contribution >= 0.6 is 0 Å². The molecule has 0 aliphatic heterocycles. The molecule has 0 saturated heterocycles. The van der Waals surface area contributed by atoms with Crippen LogP contribution < -0.4 is 16.0 Å². The van der Waals surface area contributed by atoms with Crippen LogP contribution in [0.1, 0.15) is 69.2 Å². The van der Waals surface area contributed by atoms with Gasteiger partial charge in [0.25, 0.3) is 0 Å². The summed E-state index contributed by atoms with van der Waals surface area (Å²) >= 11 is 0. The van der Waals surface area contributed by atoms with Crippen LogP contribution in [0.2, 0.25) is 0 Å². The fraction of sp³-hybridized carbons (Fsp3) is 0.345. The van der Waals surface area contributed by atoms with Gasteiger partial charge >= 0.3 is 0 Å². The number of fused-ring (bicyclic) bond motifs is 1. The average Bonchev–Trinajstić information content (AvgIpc) is 2.89. The van der Waals surface area contributed by atoms with E-state index in [-0.39, 0.29) is 17.9 Å². The van der Waals surface area contributed by atoms with Gasteiger partial charge in [0.05, 0.1) is 12.1 Å². The molecule has 0 unspecified atom stereocenters. The highest BCUT2D eigenvalue weighted by atomic mass is 19.1. The monoisotopic (exact) mass is 484 g/mol. The number of aromatic nitrogens is 3. The van der Waals surface area contributed by atoms with Crippen LogP contribution in [0.4, 0.5) is 22.2 Å². The quantitative estimate of drug-likeness (QED) is 0.244. The maximum absolute atomic E-state index is 13.4. The molecule has 186 valence electrons. The van der Waals surface area contributed by atoms with Crippen LogP contribution in [0, 0.1) is 5.82 Å². The molecular weight excluding hydrogens is 451 g/mol. The van der Waals surface area contributed by atoms with E-state index < -0.39 is 0 Å². The lowest BCUT2D eigenvalue weighted by atomic mass is 9.96. The number of benzene rings is 3. The van der Waals surface area contributed by atoms with E-state index in [1.807, 2.05) is 6.92 Å². The van der Waals surface area contributed by atoms with E-state index in [0.717, 1.165) is 18.4 Å². The molecule has 2 atom stereocenters. The van der Waals surface area contributed by atoms with Gasteiger partial charge in [-0.3, -0.25) is 0 Å². The average molecular weight is 485 g/mol. The third kappa shape index (κ3) is 5.73. The second-order valence-corrected chi connectivity index (χ2v) is 9.64. The lowest BCUT2D eigenvalue weighted by molar-refractivity contribution is 0.461. The molecule has 3 aromatic carbocycles. The topological polar surface area (TPSA) is 74.8 Å². The number of anilines is 3. The summed E-state index contributed by atoms with van der Waals surface area (Å²) in [6.07, 6.45) is 5.97. The zero-order valence-electron chi connectivity index (χ0n) is 20.8. The van der Waals surface area contributed by atoms with Gasteiger partial charge in [0, 0.05) is 6.04 Å². The second kappa shape index (κ2) is 10.9. The summed E-state index contributed by atoms with van der Waals surface area (Å²) in [7, 11) is 0. The Morgan fingerprint density at radius 1 is 0.722 bits per heavy atom. The molecule has 1 saturated carbocycles. The molecule has 1 aliphatic rings. The molecule has 1 aromatic heterocycles. The molecule has 7 heteroatoms. The highest BCUT2D eigenvalue weighted by molar-refractivity contribution is 5.86. The van der Waals surface area contributed by atoms with E-state index in [1.54, 1.807) is 12.1 Å². The fourth-order valence-corrected chi connectivity index (χ4v) is 4.93. The Bertz CT molecular complexity index is 1300. The van der Waals surface area contributed by atoms with E-state index in [1.165, 1.54) is 47.7 Å². The summed E-state index contributed by atoms with van der Waals surface area (Å²) in [5.74, 6) is 1.31. The lowest BCUT2D eigenvalue weighted by Crippen LogP contribution is -2.24. The molecule has 0 amide bonds. The predicted molar refractivity (Wildman–Crippen MR) is 145 cm³/mol. The molecule has 0 spiro atoms. The van der Waals surface area contributed by atoms with Crippen LogP contribution in [0.15, 0.2) is 66.7 Å². The third-order valence-electron chi connectivity index (χ3n) is 6.92. The largest absolute Gasteiger partial charge is 0.351 e. The van der Waals surface area contributed by atoms with Gasteiger partial charge in [-0.1, -0.05) is 73.9 Å². The summed E-state index contributed by atoms with van der Waals surface area (Å²) in [4.78, 5) is 14.1. The van der Waals surface area contributed by atoms with Crippen molar-refractivity contribution < 1.29 is 4.39 Å². The molecule has 1 fully saturated rings. The summed E-state index contributed by atoms with van der Waals surface area (Å²) in [6.45, 7) is 4.13. The zero-order chi connectivity index (χ0) is 24.9. The van der Waals surface area contributed by atoms with Crippen LogP contribution in [0.25, 0.3) is 10.8 Å². The van der Waals surface area contributed by atoms with Crippen molar-refractivity contribution in [1.29, 1.82) is 0 Å². The van der Waals surface area contributed by atoms with Gasteiger partial charge in [-0.05, 0) is 60.7 Å². The van der Waals surface area contributed by atoms with E-state index in [2.05, 4.69) is 70.3 Å². The maximum Gasteiger partial charge on any atom is 0.229 e. The number of hydrogen-bond acceptors (Lipinski definition) is 6. The van der Waals surface area contributed by atoms with Gasteiger partial charge in [-0.2, -0.15) is 15.0 Å². The Morgan fingerprint density at radius 3 is 2.11 bits per heavy atom. The van der Waals surface area contributed by atoms with Crippen LogP contribution in [-0.4, -0.2) is 21.0 Å². The van der Waals surface area contributed by atoms with Crippen molar-refractivity contribution in [3.63, 3.8) is 0 Å². The van der Waals surface area contributed by atoms with Gasteiger partial charge in [-0.25, -0.2) is 4.39 Å². The van der Waals surface area contributed by atoms with Crippen molar-refractivity contribution >= 4 is 28.6 Å². The van der Waals surface area contributed by atoms with Crippen molar-refractivity contribution in [3.05, 3.63) is 83.7 Å². The van der Waals surface area contributed by atoms with Gasteiger partial charge in [0.2, 0.25) is 17.8 Å². The maximum atomic E-state index is 13.4. The number of nitrogens with zero attached hydrogens (tertiary/aromatic N) is 3. The van der Waals surface area contributed by atoms with Crippen LogP contribution in [0.3, 0.4) is 0 Å². The van der Waals surface area contributed by atoms with Crippen molar-refractivity contribution in [2.24, 2.45) is 0 Å². The summed E-state index contributed by atoms with van der Waals surface area (Å²) in [5.41, 5.74) is 2.14. The minimum Gasteiger partial charge on any atom is -0.351 e. The highest BCUT2D eigenvalue weighted by Gasteiger charge is 2.18. The molecule has 3 N–H and O–H groups in total. The summed E-state index contributed by atoms with van der Waals surface area (Å²) in [6, 6.07) is 21.5. The Kier molecular flexibility index (Phi) is 7.26. The predicted octanol–water partition coefficient (Wildman–Crippen LogP) is 7.25. The number of halogens is 1. The van der Waals surface area contributed by atoms with Crippen molar-refractivity contribution in [3.8, 4) is 0 Å². The normalized spacial score (nSPS) is 15.9. The third-order valence-corrected chi connectivity index (χ3v) is 6.92. The van der Waals surface area contributed by atoms with Gasteiger partial charge in [0.15, 0.2) is 0 Å². The van der Waals surface area contributed by atoms with Gasteiger partial charge in [-0.15, -0.1) is 0 Å². The first-order chi connectivity index (χ1) is 17.5. The van der Waals surface area contributed by atoms with E-state index in [0.29, 0.717) is 23.9 Å². The first kappa shape index (κ1) is 24.0. The minimum atomic E-state index is -0.251. The molecule has 1 aliphatic carbocycles. The number of nitrogens with one attached hydrogen (secondary N) is 3. The van der Waals surface area contributed by atoms with Gasteiger partial charge < -0.3 is 16.0 Å². The summed E-state index contributed by atoms with van der Waals surface area (Å²) < 4.78 is 13.4.